The molecular formula is C7H8N4O2. The second-order valence-corrected chi connectivity index (χ2v) is 2.66. The average Bonchev–Trinajstić information content (AvgIpc) is 2.32. The van der Waals surface area contributed by atoms with Crippen molar-refractivity contribution in [1.82, 2.24) is 9.97 Å². The summed E-state index contributed by atoms with van der Waals surface area (Å²) in [6.07, 6.45) is 0. The van der Waals surface area contributed by atoms with Gasteiger partial charge in [-0.25, -0.2) is 0 Å². The average molecular weight is 180 g/mol. The maximum Gasteiger partial charge on any atom is 0.297 e. The van der Waals surface area contributed by atoms with E-state index < -0.39 is 5.56 Å². The molecule has 0 amide bonds. The lowest BCUT2D eigenvalue weighted by atomic mass is 10.5. The third-order valence-electron chi connectivity index (χ3n) is 1.79. The van der Waals surface area contributed by atoms with Crippen molar-refractivity contribution in [2.45, 2.75) is 0 Å². The normalized spacial score (nSPS) is 14.2. The monoisotopic (exact) mass is 180 g/mol. The third kappa shape index (κ3) is 0.952. The quantitative estimate of drug-likeness (QED) is 0.570. The molecule has 2 rings (SSSR count). The summed E-state index contributed by atoms with van der Waals surface area (Å²) in [5, 5.41) is 0. The summed E-state index contributed by atoms with van der Waals surface area (Å²) in [6, 6.07) is 0. The fourth-order valence-corrected chi connectivity index (χ4v) is 1.09. The van der Waals surface area contributed by atoms with Crippen LogP contribution in [0.3, 0.4) is 0 Å². The van der Waals surface area contributed by atoms with Crippen molar-refractivity contribution in [3.05, 3.63) is 22.8 Å². The van der Waals surface area contributed by atoms with Gasteiger partial charge in [-0.3, -0.25) is 14.7 Å². The van der Waals surface area contributed by atoms with Crippen LogP contribution in [-0.2, 0) is 0 Å². The maximum atomic E-state index is 11.3. The number of aromatic amines is 1. The van der Waals surface area contributed by atoms with Gasteiger partial charge in [0, 0.05) is 7.05 Å². The van der Waals surface area contributed by atoms with Gasteiger partial charge in [-0.2, -0.15) is 4.98 Å². The van der Waals surface area contributed by atoms with Crippen LogP contribution < -0.4 is 20.9 Å². The first-order valence-electron chi connectivity index (χ1n) is 3.60. The highest BCUT2D eigenvalue weighted by Crippen LogP contribution is 2.31. The van der Waals surface area contributed by atoms with Crippen molar-refractivity contribution in [2.24, 2.45) is 0 Å². The van der Waals surface area contributed by atoms with E-state index in [4.69, 9.17) is 10.5 Å². The van der Waals surface area contributed by atoms with Crippen LogP contribution in [0.4, 0.5) is 11.8 Å². The molecule has 6 heteroatoms. The van der Waals surface area contributed by atoms with Crippen LogP contribution in [0, 0.1) is 0 Å². The predicted molar refractivity (Wildman–Crippen MR) is 47.4 cm³/mol. The van der Waals surface area contributed by atoms with Gasteiger partial charge in [0.05, 0.1) is 0 Å². The van der Waals surface area contributed by atoms with Gasteiger partial charge in [-0.15, -0.1) is 0 Å². The van der Waals surface area contributed by atoms with E-state index in [-0.39, 0.29) is 11.7 Å². The number of hydrogen-bond donors (Lipinski definition) is 2. The molecule has 0 aromatic carbocycles. The lowest BCUT2D eigenvalue weighted by molar-refractivity contribution is 0.440. The zero-order chi connectivity index (χ0) is 9.59. The minimum Gasteiger partial charge on any atom is -0.432 e. The van der Waals surface area contributed by atoms with Crippen LogP contribution in [0.5, 0.6) is 5.75 Å². The molecule has 0 saturated heterocycles. The molecule has 0 bridgehead atoms. The van der Waals surface area contributed by atoms with Crippen LogP contribution in [0.2, 0.25) is 0 Å². The van der Waals surface area contributed by atoms with Crippen LogP contribution in [0.1, 0.15) is 0 Å². The Kier molecular flexibility index (Phi) is 1.33. The summed E-state index contributed by atoms with van der Waals surface area (Å²) in [4.78, 5) is 19.0. The summed E-state index contributed by atoms with van der Waals surface area (Å²) in [5.74, 6) is 0.959. The highest BCUT2D eigenvalue weighted by molar-refractivity contribution is 5.60. The smallest absolute Gasteiger partial charge is 0.297 e. The molecule has 13 heavy (non-hydrogen) atoms. The minimum absolute atomic E-state index is 0.0638. The molecule has 0 spiro atoms. The summed E-state index contributed by atoms with van der Waals surface area (Å²) < 4.78 is 5.07. The van der Waals surface area contributed by atoms with Crippen LogP contribution in [0.25, 0.3) is 0 Å². The Morgan fingerprint density at radius 3 is 3.08 bits per heavy atom. The molecule has 0 radical (unpaired) electrons. The van der Waals surface area contributed by atoms with E-state index in [1.807, 2.05) is 0 Å². The molecule has 1 aromatic rings. The lowest BCUT2D eigenvalue weighted by Gasteiger charge is -2.07. The van der Waals surface area contributed by atoms with Crippen molar-refractivity contribution in [3.8, 4) is 5.75 Å². The van der Waals surface area contributed by atoms with Crippen molar-refractivity contribution in [3.63, 3.8) is 0 Å². The van der Waals surface area contributed by atoms with Gasteiger partial charge in [0.1, 0.15) is 0 Å². The highest BCUT2D eigenvalue weighted by atomic mass is 16.5. The first-order chi connectivity index (χ1) is 6.09. The molecule has 0 unspecified atom stereocenters. The van der Waals surface area contributed by atoms with Gasteiger partial charge in [0.2, 0.25) is 11.7 Å². The first-order valence-corrected chi connectivity index (χ1v) is 3.60. The Hall–Kier alpha value is -1.98. The molecule has 2 heterocycles. The SMILES string of the molecule is C=C1Oc2c(nc(N)[nH]c2=O)N1C. The molecule has 6 nitrogen and oxygen atoms in total. The standard InChI is InChI=1S/C7H8N4O2/c1-3-11(2)5-4(13-3)6(12)10-7(8)9-5/h1H2,2H3,(H3,8,9,10,12). The topological polar surface area (TPSA) is 84.2 Å². The fourth-order valence-electron chi connectivity index (χ4n) is 1.09. The number of rotatable bonds is 0. The molecule has 0 aliphatic carbocycles. The Morgan fingerprint density at radius 2 is 2.38 bits per heavy atom. The van der Waals surface area contributed by atoms with Crippen molar-refractivity contribution < 1.29 is 4.74 Å². The minimum atomic E-state index is -0.395. The number of nitrogens with one attached hydrogen (secondary N) is 1. The number of H-pyrrole nitrogens is 1. The first kappa shape index (κ1) is 7.66. The Balaban J connectivity index is 2.71. The second-order valence-electron chi connectivity index (χ2n) is 2.66. The molecule has 1 aliphatic heterocycles. The van der Waals surface area contributed by atoms with Crippen molar-refractivity contribution >= 4 is 11.8 Å². The molecule has 0 fully saturated rings. The number of aromatic nitrogens is 2. The van der Waals surface area contributed by atoms with E-state index in [9.17, 15) is 4.79 Å². The second kappa shape index (κ2) is 2.25. The molecule has 3 N–H and O–H groups in total. The molecule has 0 saturated carbocycles. The van der Waals surface area contributed by atoms with Crippen LogP contribution >= 0.6 is 0 Å². The van der Waals surface area contributed by atoms with Gasteiger partial charge in [-0.05, 0) is 6.58 Å². The van der Waals surface area contributed by atoms with E-state index in [2.05, 4.69) is 16.5 Å². The van der Waals surface area contributed by atoms with Crippen molar-refractivity contribution in [2.75, 3.05) is 17.7 Å². The predicted octanol–water partition coefficient (Wildman–Crippen LogP) is -0.348. The number of hydrogen-bond acceptors (Lipinski definition) is 5. The number of anilines is 2. The summed E-state index contributed by atoms with van der Waals surface area (Å²) in [6.45, 7) is 3.59. The van der Waals surface area contributed by atoms with Crippen molar-refractivity contribution in [1.29, 1.82) is 0 Å². The fraction of sp³-hybridized carbons (Fsp3) is 0.143. The third-order valence-corrected chi connectivity index (χ3v) is 1.79. The molecule has 68 valence electrons. The summed E-state index contributed by atoms with van der Waals surface area (Å²) in [5.41, 5.74) is 4.97. The van der Waals surface area contributed by atoms with E-state index in [1.54, 1.807) is 11.9 Å². The molecule has 1 aliphatic rings. The zero-order valence-electron chi connectivity index (χ0n) is 7.00. The van der Waals surface area contributed by atoms with Crippen LogP contribution in [0.15, 0.2) is 17.3 Å². The van der Waals surface area contributed by atoms with Gasteiger partial charge < -0.3 is 10.5 Å². The molecule has 1 aromatic heterocycles. The van der Waals surface area contributed by atoms with Gasteiger partial charge in [-0.1, -0.05) is 0 Å². The molecule has 0 atom stereocenters. The number of ether oxygens (including phenoxy) is 1. The summed E-state index contributed by atoms with van der Waals surface area (Å²) in [7, 11) is 1.69. The van der Waals surface area contributed by atoms with Gasteiger partial charge in [0.15, 0.2) is 11.7 Å². The number of fused-ring (bicyclic) bond motifs is 1. The van der Waals surface area contributed by atoms with Gasteiger partial charge in [0.25, 0.3) is 5.56 Å². The number of nitrogens with two attached hydrogens (primary N) is 1. The maximum absolute atomic E-state index is 11.3. The Morgan fingerprint density at radius 1 is 1.69 bits per heavy atom. The lowest BCUT2D eigenvalue weighted by Crippen LogP contribution is -2.14. The van der Waals surface area contributed by atoms with Crippen LogP contribution in [-0.4, -0.2) is 17.0 Å². The number of nitrogens with zero attached hydrogens (tertiary/aromatic N) is 2. The van der Waals surface area contributed by atoms with E-state index in [0.717, 1.165) is 0 Å². The molecular weight excluding hydrogens is 172 g/mol. The Labute approximate surface area is 73.6 Å². The Bertz CT molecular complexity index is 437. The number of nitrogen functional groups attached to an aromatic ring is 1. The van der Waals surface area contributed by atoms with E-state index in [0.29, 0.717) is 11.7 Å². The zero-order valence-corrected chi connectivity index (χ0v) is 7.00. The highest BCUT2D eigenvalue weighted by Gasteiger charge is 2.26. The largest absolute Gasteiger partial charge is 0.432 e. The summed E-state index contributed by atoms with van der Waals surface area (Å²) >= 11 is 0. The van der Waals surface area contributed by atoms with E-state index in [1.165, 1.54) is 0 Å². The van der Waals surface area contributed by atoms with E-state index >= 15 is 0 Å². The van der Waals surface area contributed by atoms with Gasteiger partial charge >= 0.3 is 0 Å².